The van der Waals surface area contributed by atoms with E-state index in [1.165, 1.54) is 4.68 Å². The van der Waals surface area contributed by atoms with Crippen LogP contribution in [-0.2, 0) is 16.1 Å². The Labute approximate surface area is 98.9 Å². The van der Waals surface area contributed by atoms with Gasteiger partial charge in [0.1, 0.15) is 6.54 Å². The SMILES string of the molecule is Cc1c(C(=O)OCC(C)C)nnn1CC(N)=O. The van der Waals surface area contributed by atoms with E-state index < -0.39 is 11.9 Å². The van der Waals surface area contributed by atoms with Crippen molar-refractivity contribution in [2.75, 3.05) is 6.61 Å². The number of amides is 1. The van der Waals surface area contributed by atoms with Crippen LogP contribution >= 0.6 is 0 Å². The average Bonchev–Trinajstić information content (AvgIpc) is 2.56. The number of carbonyl (C=O) groups is 2. The molecule has 0 aliphatic heterocycles. The van der Waals surface area contributed by atoms with Gasteiger partial charge >= 0.3 is 5.97 Å². The van der Waals surface area contributed by atoms with Crippen LogP contribution in [0.5, 0.6) is 0 Å². The zero-order valence-corrected chi connectivity index (χ0v) is 10.1. The third-order valence-corrected chi connectivity index (χ3v) is 2.03. The van der Waals surface area contributed by atoms with Crippen LogP contribution in [0.15, 0.2) is 0 Å². The van der Waals surface area contributed by atoms with Gasteiger partial charge in [0.25, 0.3) is 0 Å². The molecule has 1 aromatic rings. The van der Waals surface area contributed by atoms with Gasteiger partial charge in [0.05, 0.1) is 12.3 Å². The van der Waals surface area contributed by atoms with Gasteiger partial charge in [0, 0.05) is 0 Å². The first kappa shape index (κ1) is 13.1. The topological polar surface area (TPSA) is 100 Å². The highest BCUT2D eigenvalue weighted by Gasteiger charge is 2.18. The molecule has 2 N–H and O–H groups in total. The summed E-state index contributed by atoms with van der Waals surface area (Å²) in [6.45, 7) is 5.72. The second-order valence-corrected chi connectivity index (χ2v) is 4.14. The summed E-state index contributed by atoms with van der Waals surface area (Å²) >= 11 is 0. The quantitative estimate of drug-likeness (QED) is 0.723. The zero-order chi connectivity index (χ0) is 13.0. The standard InChI is InChI=1S/C10H16N4O3/c1-6(2)5-17-10(16)9-7(3)14(13-12-9)4-8(11)15/h6H,4-5H2,1-3H3,(H2,11,15). The Morgan fingerprint density at radius 1 is 1.47 bits per heavy atom. The lowest BCUT2D eigenvalue weighted by molar-refractivity contribution is -0.118. The van der Waals surface area contributed by atoms with Gasteiger partial charge in [-0.3, -0.25) is 4.79 Å². The molecule has 0 saturated heterocycles. The number of carbonyl (C=O) groups excluding carboxylic acids is 2. The summed E-state index contributed by atoms with van der Waals surface area (Å²) < 4.78 is 6.29. The number of nitrogens with zero attached hydrogens (tertiary/aromatic N) is 3. The van der Waals surface area contributed by atoms with Crippen molar-refractivity contribution >= 4 is 11.9 Å². The summed E-state index contributed by atoms with van der Waals surface area (Å²) in [4.78, 5) is 22.3. The summed E-state index contributed by atoms with van der Waals surface area (Å²) in [5.41, 5.74) is 5.62. The molecule has 0 bridgehead atoms. The molecule has 0 saturated carbocycles. The number of primary amides is 1. The van der Waals surface area contributed by atoms with Crippen LogP contribution in [0.25, 0.3) is 0 Å². The Balaban J connectivity index is 2.75. The minimum absolute atomic E-state index is 0.101. The lowest BCUT2D eigenvalue weighted by Crippen LogP contribution is -2.20. The summed E-state index contributed by atoms with van der Waals surface area (Å²) in [5, 5.41) is 7.35. The van der Waals surface area contributed by atoms with E-state index in [-0.39, 0.29) is 18.2 Å². The average molecular weight is 240 g/mol. The number of ether oxygens (including phenoxy) is 1. The highest BCUT2D eigenvalue weighted by molar-refractivity contribution is 5.88. The maximum Gasteiger partial charge on any atom is 0.360 e. The summed E-state index contributed by atoms with van der Waals surface area (Å²) in [7, 11) is 0. The number of rotatable bonds is 5. The highest BCUT2D eigenvalue weighted by Crippen LogP contribution is 2.06. The van der Waals surface area contributed by atoms with Crippen molar-refractivity contribution < 1.29 is 14.3 Å². The summed E-state index contributed by atoms with van der Waals surface area (Å²) in [5.74, 6) is -0.827. The minimum Gasteiger partial charge on any atom is -0.461 e. The second kappa shape index (κ2) is 5.42. The lowest BCUT2D eigenvalue weighted by atomic mass is 10.2. The maximum absolute atomic E-state index is 11.6. The van der Waals surface area contributed by atoms with E-state index >= 15 is 0 Å². The van der Waals surface area contributed by atoms with Crippen LogP contribution < -0.4 is 5.73 Å². The Kier molecular flexibility index (Phi) is 4.19. The zero-order valence-electron chi connectivity index (χ0n) is 10.1. The summed E-state index contributed by atoms with van der Waals surface area (Å²) in [6.07, 6.45) is 0. The largest absolute Gasteiger partial charge is 0.461 e. The normalized spacial score (nSPS) is 10.6. The maximum atomic E-state index is 11.6. The van der Waals surface area contributed by atoms with Gasteiger partial charge in [-0.2, -0.15) is 0 Å². The molecule has 0 fully saturated rings. The molecule has 1 amide bonds. The van der Waals surface area contributed by atoms with Crippen LogP contribution in [0.2, 0.25) is 0 Å². The molecule has 0 atom stereocenters. The second-order valence-electron chi connectivity index (χ2n) is 4.14. The van der Waals surface area contributed by atoms with Gasteiger partial charge in [-0.05, 0) is 12.8 Å². The molecule has 1 heterocycles. The van der Waals surface area contributed by atoms with Crippen LogP contribution in [-0.4, -0.2) is 33.5 Å². The van der Waals surface area contributed by atoms with E-state index in [0.717, 1.165) is 0 Å². The molecule has 0 spiro atoms. The van der Waals surface area contributed by atoms with Gasteiger partial charge in [-0.1, -0.05) is 19.1 Å². The molecule has 7 heteroatoms. The third-order valence-electron chi connectivity index (χ3n) is 2.03. The van der Waals surface area contributed by atoms with E-state index in [1.54, 1.807) is 6.92 Å². The Hall–Kier alpha value is -1.92. The Morgan fingerprint density at radius 3 is 2.65 bits per heavy atom. The van der Waals surface area contributed by atoms with Crippen molar-refractivity contribution in [3.05, 3.63) is 11.4 Å². The molecule has 1 aromatic heterocycles. The Bertz CT molecular complexity index is 425. The molecular weight excluding hydrogens is 224 g/mol. The Morgan fingerprint density at radius 2 is 2.12 bits per heavy atom. The number of aromatic nitrogens is 3. The fourth-order valence-corrected chi connectivity index (χ4v) is 1.16. The first-order valence-electron chi connectivity index (χ1n) is 5.27. The molecule has 0 radical (unpaired) electrons. The van der Waals surface area contributed by atoms with Crippen molar-refractivity contribution in [2.24, 2.45) is 11.7 Å². The van der Waals surface area contributed by atoms with Gasteiger partial charge in [-0.25, -0.2) is 9.48 Å². The van der Waals surface area contributed by atoms with Crippen LogP contribution in [0.1, 0.15) is 30.0 Å². The van der Waals surface area contributed by atoms with Gasteiger partial charge in [0.2, 0.25) is 5.91 Å². The van der Waals surface area contributed by atoms with Crippen LogP contribution in [0.4, 0.5) is 0 Å². The molecule has 94 valence electrons. The minimum atomic E-state index is -0.542. The summed E-state index contributed by atoms with van der Waals surface area (Å²) in [6, 6.07) is 0. The first-order valence-corrected chi connectivity index (χ1v) is 5.27. The van der Waals surface area contributed by atoms with Crippen LogP contribution in [0, 0.1) is 12.8 Å². The lowest BCUT2D eigenvalue weighted by Gasteiger charge is -2.05. The third kappa shape index (κ3) is 3.54. The molecule has 0 aliphatic carbocycles. The van der Waals surface area contributed by atoms with Crippen LogP contribution in [0.3, 0.4) is 0 Å². The monoisotopic (exact) mass is 240 g/mol. The van der Waals surface area contributed by atoms with Crippen molar-refractivity contribution in [1.82, 2.24) is 15.0 Å². The smallest absolute Gasteiger partial charge is 0.360 e. The fraction of sp³-hybridized carbons (Fsp3) is 0.600. The van der Waals surface area contributed by atoms with E-state index in [0.29, 0.717) is 12.3 Å². The van der Waals surface area contributed by atoms with Crippen molar-refractivity contribution in [3.63, 3.8) is 0 Å². The van der Waals surface area contributed by atoms with Gasteiger partial charge < -0.3 is 10.5 Å². The molecule has 0 unspecified atom stereocenters. The molecule has 1 rings (SSSR count). The first-order chi connectivity index (χ1) is 7.91. The molecule has 17 heavy (non-hydrogen) atoms. The number of esters is 1. The van der Waals surface area contributed by atoms with Gasteiger partial charge in [0.15, 0.2) is 5.69 Å². The number of hydrogen-bond donors (Lipinski definition) is 1. The van der Waals surface area contributed by atoms with Crippen molar-refractivity contribution in [3.8, 4) is 0 Å². The number of hydrogen-bond acceptors (Lipinski definition) is 5. The van der Waals surface area contributed by atoms with Gasteiger partial charge in [-0.15, -0.1) is 5.10 Å². The number of nitrogens with two attached hydrogens (primary N) is 1. The molecule has 0 aromatic carbocycles. The molecular formula is C10H16N4O3. The van der Waals surface area contributed by atoms with E-state index in [4.69, 9.17) is 10.5 Å². The van der Waals surface area contributed by atoms with E-state index in [2.05, 4.69) is 10.3 Å². The van der Waals surface area contributed by atoms with Crippen molar-refractivity contribution in [2.45, 2.75) is 27.3 Å². The fourth-order valence-electron chi connectivity index (χ4n) is 1.16. The van der Waals surface area contributed by atoms with E-state index in [9.17, 15) is 9.59 Å². The van der Waals surface area contributed by atoms with E-state index in [1.807, 2.05) is 13.8 Å². The molecule has 7 nitrogen and oxygen atoms in total. The highest BCUT2D eigenvalue weighted by atomic mass is 16.5. The predicted molar refractivity (Wildman–Crippen MR) is 59.1 cm³/mol. The van der Waals surface area contributed by atoms with Crippen molar-refractivity contribution in [1.29, 1.82) is 0 Å². The molecule has 0 aliphatic rings. The predicted octanol–water partition coefficient (Wildman–Crippen LogP) is -0.115.